The van der Waals surface area contributed by atoms with Crippen molar-refractivity contribution in [2.75, 3.05) is 6.54 Å². The van der Waals surface area contributed by atoms with Gasteiger partial charge >= 0.3 is 0 Å². The van der Waals surface area contributed by atoms with Crippen molar-refractivity contribution in [3.63, 3.8) is 0 Å². The van der Waals surface area contributed by atoms with Crippen molar-refractivity contribution in [3.05, 3.63) is 17.2 Å². The molecule has 1 fully saturated rings. The Morgan fingerprint density at radius 2 is 1.95 bits per heavy atom. The van der Waals surface area contributed by atoms with Gasteiger partial charge in [0.15, 0.2) is 0 Å². The molecular formula is C17H28N4O. The Morgan fingerprint density at radius 1 is 1.23 bits per heavy atom. The summed E-state index contributed by atoms with van der Waals surface area (Å²) in [7, 11) is 0. The molecule has 5 heteroatoms. The van der Waals surface area contributed by atoms with E-state index in [1.165, 1.54) is 25.0 Å². The van der Waals surface area contributed by atoms with Gasteiger partial charge in [0.1, 0.15) is 5.82 Å². The Kier molecular flexibility index (Phi) is 4.52. The van der Waals surface area contributed by atoms with Gasteiger partial charge in [-0.1, -0.05) is 19.3 Å². The zero-order valence-electron chi connectivity index (χ0n) is 14.1. The smallest absolute Gasteiger partial charge is 0.237 e. The number of amides is 1. The highest BCUT2D eigenvalue weighted by Crippen LogP contribution is 2.20. The molecule has 0 unspecified atom stereocenters. The van der Waals surface area contributed by atoms with Crippen LogP contribution < -0.4 is 5.32 Å². The SMILES string of the molecule is Cc1nc2n(c1C)CCN([C@H](C)C(=O)NC1CCCCC1)C2. The second-order valence-corrected chi connectivity index (χ2v) is 6.84. The molecule has 1 saturated carbocycles. The summed E-state index contributed by atoms with van der Waals surface area (Å²) in [6, 6.07) is 0.313. The fourth-order valence-electron chi connectivity index (χ4n) is 3.70. The zero-order chi connectivity index (χ0) is 15.7. The van der Waals surface area contributed by atoms with E-state index >= 15 is 0 Å². The van der Waals surface area contributed by atoms with Crippen LogP contribution >= 0.6 is 0 Å². The first-order valence-electron chi connectivity index (χ1n) is 8.63. The lowest BCUT2D eigenvalue weighted by atomic mass is 9.95. The third-order valence-corrected chi connectivity index (χ3v) is 5.37. The van der Waals surface area contributed by atoms with Crippen molar-refractivity contribution < 1.29 is 4.79 Å². The molecule has 1 aromatic rings. The summed E-state index contributed by atoms with van der Waals surface area (Å²) >= 11 is 0. The Hall–Kier alpha value is -1.36. The Labute approximate surface area is 133 Å². The molecule has 0 spiro atoms. The highest BCUT2D eigenvalue weighted by Gasteiger charge is 2.28. The van der Waals surface area contributed by atoms with Gasteiger partial charge in [-0.05, 0) is 33.6 Å². The number of aryl methyl sites for hydroxylation is 1. The molecule has 0 bridgehead atoms. The van der Waals surface area contributed by atoms with Crippen molar-refractivity contribution in [3.8, 4) is 0 Å². The summed E-state index contributed by atoms with van der Waals surface area (Å²) in [5, 5.41) is 3.25. The molecule has 0 saturated heterocycles. The van der Waals surface area contributed by atoms with Crippen LogP contribution in [-0.2, 0) is 17.9 Å². The number of imidazole rings is 1. The van der Waals surface area contributed by atoms with E-state index in [2.05, 4.69) is 33.6 Å². The summed E-state index contributed by atoms with van der Waals surface area (Å²) in [6.45, 7) is 8.83. The van der Waals surface area contributed by atoms with Crippen LogP contribution in [-0.4, -0.2) is 39.0 Å². The van der Waals surface area contributed by atoms with Gasteiger partial charge in [-0.25, -0.2) is 4.98 Å². The minimum atomic E-state index is -0.0759. The van der Waals surface area contributed by atoms with Crippen LogP contribution in [0.25, 0.3) is 0 Å². The van der Waals surface area contributed by atoms with Gasteiger partial charge in [0, 0.05) is 24.8 Å². The lowest BCUT2D eigenvalue weighted by molar-refractivity contribution is -0.127. The maximum Gasteiger partial charge on any atom is 0.237 e. The summed E-state index contributed by atoms with van der Waals surface area (Å²) in [4.78, 5) is 19.4. The molecule has 1 aromatic heterocycles. The molecule has 0 radical (unpaired) electrons. The minimum absolute atomic E-state index is 0.0759. The molecular weight excluding hydrogens is 276 g/mol. The number of carbonyl (C=O) groups excluding carboxylic acids is 1. The summed E-state index contributed by atoms with van der Waals surface area (Å²) in [5.41, 5.74) is 2.37. The van der Waals surface area contributed by atoms with Gasteiger partial charge in [-0.2, -0.15) is 0 Å². The number of hydrogen-bond acceptors (Lipinski definition) is 3. The highest BCUT2D eigenvalue weighted by atomic mass is 16.2. The largest absolute Gasteiger partial charge is 0.352 e. The van der Waals surface area contributed by atoms with Crippen LogP contribution in [0, 0.1) is 13.8 Å². The highest BCUT2D eigenvalue weighted by molar-refractivity contribution is 5.81. The van der Waals surface area contributed by atoms with Gasteiger partial charge in [0.05, 0.1) is 18.3 Å². The molecule has 1 amide bonds. The van der Waals surface area contributed by atoms with E-state index in [1.807, 2.05) is 6.92 Å². The maximum atomic E-state index is 12.5. The number of rotatable bonds is 3. The van der Waals surface area contributed by atoms with E-state index in [0.29, 0.717) is 6.04 Å². The van der Waals surface area contributed by atoms with E-state index < -0.39 is 0 Å². The summed E-state index contributed by atoms with van der Waals surface area (Å²) in [5.74, 6) is 1.28. The first-order chi connectivity index (χ1) is 10.6. The zero-order valence-corrected chi connectivity index (χ0v) is 14.1. The van der Waals surface area contributed by atoms with Crippen molar-refractivity contribution in [2.24, 2.45) is 0 Å². The average Bonchev–Trinajstić information content (AvgIpc) is 2.81. The third-order valence-electron chi connectivity index (χ3n) is 5.37. The normalized spacial score (nSPS) is 21.4. The molecule has 1 atom stereocenters. The van der Waals surface area contributed by atoms with Crippen LogP contribution in [0.2, 0.25) is 0 Å². The number of aromatic nitrogens is 2. The summed E-state index contributed by atoms with van der Waals surface area (Å²) < 4.78 is 2.29. The average molecular weight is 304 g/mol. The molecule has 1 N–H and O–H groups in total. The van der Waals surface area contributed by atoms with Crippen LogP contribution in [0.1, 0.15) is 56.2 Å². The molecule has 0 aromatic carbocycles. The van der Waals surface area contributed by atoms with Crippen molar-refractivity contribution in [1.29, 1.82) is 0 Å². The van der Waals surface area contributed by atoms with E-state index in [9.17, 15) is 4.79 Å². The number of hydrogen-bond donors (Lipinski definition) is 1. The van der Waals surface area contributed by atoms with Gasteiger partial charge in [-0.3, -0.25) is 9.69 Å². The second-order valence-electron chi connectivity index (χ2n) is 6.84. The Bertz CT molecular complexity index is 545. The maximum absolute atomic E-state index is 12.5. The molecule has 1 aliphatic carbocycles. The molecule has 2 heterocycles. The monoisotopic (exact) mass is 304 g/mol. The third kappa shape index (κ3) is 3.05. The van der Waals surface area contributed by atoms with Crippen molar-refractivity contribution in [2.45, 2.75) is 78.0 Å². The number of nitrogens with zero attached hydrogens (tertiary/aromatic N) is 3. The van der Waals surface area contributed by atoms with Crippen molar-refractivity contribution in [1.82, 2.24) is 19.8 Å². The van der Waals surface area contributed by atoms with E-state index in [1.54, 1.807) is 0 Å². The Morgan fingerprint density at radius 3 is 2.68 bits per heavy atom. The van der Waals surface area contributed by atoms with E-state index in [0.717, 1.165) is 44.0 Å². The first kappa shape index (κ1) is 15.5. The standard InChI is InChI=1S/C17H28N4O/c1-12-13(2)21-10-9-20(11-16(21)18-12)14(3)17(22)19-15-7-5-4-6-8-15/h14-15H,4-11H2,1-3H3,(H,19,22)/t14-/m1/s1. The number of carbonyl (C=O) groups is 1. The van der Waals surface area contributed by atoms with Crippen LogP contribution in [0.15, 0.2) is 0 Å². The predicted molar refractivity (Wildman–Crippen MR) is 86.6 cm³/mol. The molecule has 5 nitrogen and oxygen atoms in total. The number of nitrogens with one attached hydrogen (secondary N) is 1. The van der Waals surface area contributed by atoms with Gasteiger partial charge in [0.25, 0.3) is 0 Å². The van der Waals surface area contributed by atoms with Gasteiger partial charge in [0.2, 0.25) is 5.91 Å². The van der Waals surface area contributed by atoms with E-state index in [-0.39, 0.29) is 11.9 Å². The van der Waals surface area contributed by atoms with Gasteiger partial charge < -0.3 is 9.88 Å². The fourth-order valence-corrected chi connectivity index (χ4v) is 3.70. The topological polar surface area (TPSA) is 50.2 Å². The van der Waals surface area contributed by atoms with Crippen LogP contribution in [0.3, 0.4) is 0 Å². The van der Waals surface area contributed by atoms with Crippen LogP contribution in [0.5, 0.6) is 0 Å². The second kappa shape index (κ2) is 6.41. The van der Waals surface area contributed by atoms with Crippen LogP contribution in [0.4, 0.5) is 0 Å². The quantitative estimate of drug-likeness (QED) is 0.931. The Balaban J connectivity index is 1.60. The minimum Gasteiger partial charge on any atom is -0.352 e. The number of fused-ring (bicyclic) bond motifs is 1. The first-order valence-corrected chi connectivity index (χ1v) is 8.63. The molecule has 2 aliphatic rings. The van der Waals surface area contributed by atoms with Crippen molar-refractivity contribution >= 4 is 5.91 Å². The molecule has 22 heavy (non-hydrogen) atoms. The molecule has 1 aliphatic heterocycles. The lowest BCUT2D eigenvalue weighted by Gasteiger charge is -2.33. The van der Waals surface area contributed by atoms with Gasteiger partial charge in [-0.15, -0.1) is 0 Å². The predicted octanol–water partition coefficient (Wildman–Crippen LogP) is 2.15. The molecule has 3 rings (SSSR count). The lowest BCUT2D eigenvalue weighted by Crippen LogP contribution is -2.50. The fraction of sp³-hybridized carbons (Fsp3) is 0.765. The van der Waals surface area contributed by atoms with E-state index in [4.69, 9.17) is 0 Å². The summed E-state index contributed by atoms with van der Waals surface area (Å²) in [6.07, 6.45) is 6.09. The molecule has 122 valence electrons.